The number of aliphatic hydroxyl groups excluding tert-OH is 1. The summed E-state index contributed by atoms with van der Waals surface area (Å²) in [5, 5.41) is 23.4. The van der Waals surface area contributed by atoms with E-state index in [1.54, 1.807) is 0 Å². The fourth-order valence-corrected chi connectivity index (χ4v) is 5.74. The second-order valence-corrected chi connectivity index (χ2v) is 14.5. The molecule has 0 aliphatic carbocycles. The summed E-state index contributed by atoms with van der Waals surface area (Å²) in [5.41, 5.74) is 0. The fourth-order valence-electron chi connectivity index (χ4n) is 5.74. The minimum atomic E-state index is -1.46. The Kier molecular flexibility index (Phi) is 28.6. The van der Waals surface area contributed by atoms with Crippen LogP contribution in [0.5, 0.6) is 0 Å². The number of carboxylic acid groups (broad SMARTS) is 1. The standard InChI is InChI=1S/C38H72N2O7/c1-30(2)24-20-16-12-8-6-10-14-18-22-26-33(28-34(42)39-29-35(43)40-37(32(5)41)38(45)46)47-36(44)27-23-19-15-11-7-9-13-17-21-25-31(3)4/h30-33,37,41H,6-29H2,1-5H3,(H,39,42)(H,40,43)(H,45,46)/t32-,33?,37+/m1/s1. The first-order chi connectivity index (χ1) is 22.4. The maximum atomic E-state index is 12.7. The smallest absolute Gasteiger partial charge is 0.328 e. The summed E-state index contributed by atoms with van der Waals surface area (Å²) in [5.74, 6) is -1.23. The number of nitrogens with one attached hydrogen (secondary N) is 2. The molecule has 0 bridgehead atoms. The molecule has 0 aromatic heterocycles. The van der Waals surface area contributed by atoms with Gasteiger partial charge in [-0.15, -0.1) is 0 Å². The number of hydrogen-bond donors (Lipinski definition) is 4. The second-order valence-electron chi connectivity index (χ2n) is 14.5. The summed E-state index contributed by atoms with van der Waals surface area (Å²) in [6.07, 6.45) is 22.8. The van der Waals surface area contributed by atoms with Crippen molar-refractivity contribution in [3.05, 3.63) is 0 Å². The van der Waals surface area contributed by atoms with Gasteiger partial charge in [-0.2, -0.15) is 0 Å². The van der Waals surface area contributed by atoms with Crippen LogP contribution in [0.3, 0.4) is 0 Å². The third-order valence-electron chi connectivity index (χ3n) is 8.69. The van der Waals surface area contributed by atoms with Crippen LogP contribution in [0.15, 0.2) is 0 Å². The summed E-state index contributed by atoms with van der Waals surface area (Å²) < 4.78 is 5.74. The molecule has 0 aromatic carbocycles. The normalized spacial score (nSPS) is 13.4. The predicted molar refractivity (Wildman–Crippen MR) is 190 cm³/mol. The number of aliphatic carboxylic acids is 1. The molecule has 0 radical (unpaired) electrons. The first kappa shape index (κ1) is 44.8. The van der Waals surface area contributed by atoms with E-state index in [4.69, 9.17) is 9.84 Å². The Morgan fingerprint density at radius 1 is 0.574 bits per heavy atom. The maximum Gasteiger partial charge on any atom is 0.328 e. The van der Waals surface area contributed by atoms with Crippen LogP contribution >= 0.6 is 0 Å². The summed E-state index contributed by atoms with van der Waals surface area (Å²) in [4.78, 5) is 48.6. The van der Waals surface area contributed by atoms with Crippen molar-refractivity contribution in [1.82, 2.24) is 10.6 Å². The minimum Gasteiger partial charge on any atom is -0.480 e. The maximum absolute atomic E-state index is 12.7. The number of carboxylic acids is 1. The van der Waals surface area contributed by atoms with Gasteiger partial charge in [0.1, 0.15) is 6.10 Å². The van der Waals surface area contributed by atoms with Gasteiger partial charge in [-0.1, -0.05) is 143 Å². The van der Waals surface area contributed by atoms with Crippen molar-refractivity contribution in [2.45, 2.75) is 201 Å². The van der Waals surface area contributed by atoms with Crippen molar-refractivity contribution in [3.63, 3.8) is 0 Å². The molecule has 4 N–H and O–H groups in total. The Bertz CT molecular complexity index is 816. The van der Waals surface area contributed by atoms with Crippen LogP contribution in [0.2, 0.25) is 0 Å². The van der Waals surface area contributed by atoms with Crippen molar-refractivity contribution in [3.8, 4) is 0 Å². The molecule has 3 atom stereocenters. The topological polar surface area (TPSA) is 142 Å². The molecule has 0 aromatic rings. The average molecular weight is 669 g/mol. The van der Waals surface area contributed by atoms with E-state index in [-0.39, 0.29) is 12.4 Å². The minimum absolute atomic E-state index is 0.0503. The molecular weight excluding hydrogens is 596 g/mol. The van der Waals surface area contributed by atoms with Crippen LogP contribution in [0.1, 0.15) is 182 Å². The molecule has 0 saturated carbocycles. The SMILES string of the molecule is CC(C)CCCCCCCCCCCC(=O)OC(CCCCCCCCCCCC(C)C)CC(=O)NCC(=O)N[C@H](C(=O)O)[C@@H](C)O. The van der Waals surface area contributed by atoms with E-state index in [1.165, 1.54) is 96.8 Å². The van der Waals surface area contributed by atoms with Crippen molar-refractivity contribution in [1.29, 1.82) is 0 Å². The average Bonchev–Trinajstić information content (AvgIpc) is 2.99. The molecule has 0 rings (SSSR count). The lowest BCUT2D eigenvalue weighted by Gasteiger charge is -2.19. The van der Waals surface area contributed by atoms with E-state index in [9.17, 15) is 24.3 Å². The Balaban J connectivity index is 4.49. The number of hydrogen-bond acceptors (Lipinski definition) is 6. The molecule has 47 heavy (non-hydrogen) atoms. The number of carbonyl (C=O) groups excluding carboxylic acids is 3. The van der Waals surface area contributed by atoms with Crippen molar-refractivity contribution in [2.75, 3.05) is 6.54 Å². The van der Waals surface area contributed by atoms with Crippen molar-refractivity contribution >= 4 is 23.8 Å². The molecule has 0 aliphatic rings. The Labute approximate surface area is 287 Å². The number of esters is 1. The zero-order valence-corrected chi connectivity index (χ0v) is 30.8. The van der Waals surface area contributed by atoms with Crippen LogP contribution in [-0.2, 0) is 23.9 Å². The van der Waals surface area contributed by atoms with E-state index in [0.717, 1.165) is 50.4 Å². The van der Waals surface area contributed by atoms with E-state index in [0.29, 0.717) is 12.8 Å². The zero-order valence-electron chi connectivity index (χ0n) is 30.8. The lowest BCUT2D eigenvalue weighted by atomic mass is 10.0. The number of amides is 2. The first-order valence-corrected chi connectivity index (χ1v) is 19.1. The lowest BCUT2D eigenvalue weighted by molar-refractivity contribution is -0.151. The third-order valence-corrected chi connectivity index (χ3v) is 8.69. The van der Waals surface area contributed by atoms with Gasteiger partial charge in [-0.05, 0) is 38.0 Å². The summed E-state index contributed by atoms with van der Waals surface area (Å²) in [7, 11) is 0. The van der Waals surface area contributed by atoms with Gasteiger partial charge in [0, 0.05) is 6.42 Å². The van der Waals surface area contributed by atoms with Crippen LogP contribution in [0, 0.1) is 11.8 Å². The van der Waals surface area contributed by atoms with Crippen LogP contribution in [0.4, 0.5) is 0 Å². The highest BCUT2D eigenvalue weighted by Crippen LogP contribution is 2.17. The first-order valence-electron chi connectivity index (χ1n) is 19.1. The number of unbranched alkanes of at least 4 members (excludes halogenated alkanes) is 16. The molecule has 2 amide bonds. The third kappa shape index (κ3) is 29.7. The fraction of sp³-hybridized carbons (Fsp3) is 0.895. The Morgan fingerprint density at radius 2 is 0.979 bits per heavy atom. The number of carbonyl (C=O) groups is 4. The lowest BCUT2D eigenvalue weighted by Crippen LogP contribution is -2.50. The van der Waals surface area contributed by atoms with E-state index in [2.05, 4.69) is 38.3 Å². The zero-order chi connectivity index (χ0) is 35.3. The molecule has 9 nitrogen and oxygen atoms in total. The second kappa shape index (κ2) is 29.9. The van der Waals surface area contributed by atoms with Gasteiger partial charge in [0.05, 0.1) is 19.1 Å². The quantitative estimate of drug-likeness (QED) is 0.0418. The molecule has 0 heterocycles. The molecule has 0 saturated heterocycles. The molecule has 276 valence electrons. The Hall–Kier alpha value is -2.16. The van der Waals surface area contributed by atoms with Gasteiger partial charge in [-0.3, -0.25) is 14.4 Å². The van der Waals surface area contributed by atoms with E-state index >= 15 is 0 Å². The van der Waals surface area contributed by atoms with E-state index < -0.39 is 42.6 Å². The van der Waals surface area contributed by atoms with Crippen LogP contribution in [-0.4, -0.2) is 58.8 Å². The summed E-state index contributed by atoms with van der Waals surface area (Å²) in [6.45, 7) is 9.94. The largest absolute Gasteiger partial charge is 0.480 e. The molecule has 1 unspecified atom stereocenters. The van der Waals surface area contributed by atoms with Gasteiger partial charge in [0.15, 0.2) is 6.04 Å². The summed E-state index contributed by atoms with van der Waals surface area (Å²) >= 11 is 0. The number of aliphatic hydroxyl groups is 1. The van der Waals surface area contributed by atoms with Gasteiger partial charge < -0.3 is 25.6 Å². The van der Waals surface area contributed by atoms with Crippen molar-refractivity contribution < 1.29 is 34.1 Å². The highest BCUT2D eigenvalue weighted by atomic mass is 16.5. The predicted octanol–water partition coefficient (Wildman–Crippen LogP) is 8.25. The van der Waals surface area contributed by atoms with Gasteiger partial charge in [0.25, 0.3) is 0 Å². The monoisotopic (exact) mass is 669 g/mol. The molecule has 9 heteroatoms. The molecule has 0 fully saturated rings. The van der Waals surface area contributed by atoms with Gasteiger partial charge in [0.2, 0.25) is 11.8 Å². The highest BCUT2D eigenvalue weighted by Gasteiger charge is 2.25. The Morgan fingerprint density at radius 3 is 1.38 bits per heavy atom. The van der Waals surface area contributed by atoms with Gasteiger partial charge in [-0.25, -0.2) is 4.79 Å². The highest BCUT2D eigenvalue weighted by molar-refractivity contribution is 5.88. The number of rotatable bonds is 32. The van der Waals surface area contributed by atoms with E-state index in [1.807, 2.05) is 0 Å². The van der Waals surface area contributed by atoms with Crippen LogP contribution < -0.4 is 10.6 Å². The number of ether oxygens (including phenoxy) is 1. The van der Waals surface area contributed by atoms with Crippen LogP contribution in [0.25, 0.3) is 0 Å². The van der Waals surface area contributed by atoms with Gasteiger partial charge >= 0.3 is 11.9 Å². The van der Waals surface area contributed by atoms with Crippen molar-refractivity contribution in [2.24, 2.45) is 11.8 Å². The molecule has 0 spiro atoms. The molecule has 0 aliphatic heterocycles. The summed E-state index contributed by atoms with van der Waals surface area (Å²) in [6, 6.07) is -1.46. The molecular formula is C38H72N2O7.